The summed E-state index contributed by atoms with van der Waals surface area (Å²) in [5.41, 5.74) is 5.67. The second-order valence-electron chi connectivity index (χ2n) is 6.89. The van der Waals surface area contributed by atoms with Gasteiger partial charge in [-0.1, -0.05) is 6.92 Å². The lowest BCUT2D eigenvalue weighted by Gasteiger charge is -2.38. The Hall–Kier alpha value is -0.360. The van der Waals surface area contributed by atoms with Crippen molar-refractivity contribution in [3.63, 3.8) is 0 Å². The molecule has 5 nitrogen and oxygen atoms in total. The molecule has 0 spiro atoms. The lowest BCUT2D eigenvalue weighted by atomic mass is 9.86. The van der Waals surface area contributed by atoms with Crippen LogP contribution in [-0.4, -0.2) is 55.9 Å². The van der Waals surface area contributed by atoms with E-state index in [0.29, 0.717) is 19.0 Å². The van der Waals surface area contributed by atoms with Crippen molar-refractivity contribution in [2.75, 3.05) is 26.8 Å². The zero-order valence-corrected chi connectivity index (χ0v) is 15.4. The van der Waals surface area contributed by atoms with Crippen molar-refractivity contribution in [3.05, 3.63) is 0 Å². The maximum Gasteiger partial charge on any atom is 0.225 e. The molecule has 1 aliphatic heterocycles. The van der Waals surface area contributed by atoms with E-state index in [1.54, 1.807) is 7.11 Å². The van der Waals surface area contributed by atoms with Crippen LogP contribution in [0.1, 0.15) is 51.9 Å². The molecule has 23 heavy (non-hydrogen) atoms. The van der Waals surface area contributed by atoms with E-state index in [1.165, 1.54) is 12.8 Å². The molecule has 2 atom stereocenters. The Morgan fingerprint density at radius 1 is 1.30 bits per heavy atom. The number of rotatable bonds is 7. The Bertz CT molecular complexity index is 339. The third-order valence-corrected chi connectivity index (χ3v) is 5.17. The summed E-state index contributed by atoms with van der Waals surface area (Å²) in [5.74, 6) is 0.957. The minimum absolute atomic E-state index is 0. The zero-order valence-electron chi connectivity index (χ0n) is 14.5. The molecule has 0 aromatic heterocycles. The van der Waals surface area contributed by atoms with Gasteiger partial charge in [0.05, 0.1) is 18.6 Å². The predicted molar refractivity (Wildman–Crippen MR) is 93.8 cm³/mol. The Kier molecular flexibility index (Phi) is 9.44. The van der Waals surface area contributed by atoms with E-state index in [2.05, 4.69) is 11.8 Å². The lowest BCUT2D eigenvalue weighted by molar-refractivity contribution is -0.138. The summed E-state index contributed by atoms with van der Waals surface area (Å²) in [6.07, 6.45) is 7.24. The van der Waals surface area contributed by atoms with Crippen LogP contribution in [0.5, 0.6) is 0 Å². The van der Waals surface area contributed by atoms with E-state index in [9.17, 15) is 4.79 Å². The molecule has 2 unspecified atom stereocenters. The molecule has 6 heteroatoms. The average Bonchev–Trinajstić information content (AvgIpc) is 3.04. The minimum atomic E-state index is -0.179. The molecular weight excluding hydrogens is 316 g/mol. The Balaban J connectivity index is 0.00000264. The molecule has 2 aliphatic rings. The van der Waals surface area contributed by atoms with Crippen LogP contribution in [0.2, 0.25) is 0 Å². The van der Waals surface area contributed by atoms with Gasteiger partial charge in [-0.15, -0.1) is 12.4 Å². The normalized spacial score (nSPS) is 28.9. The number of nitrogens with two attached hydrogens (primary N) is 1. The molecule has 2 rings (SSSR count). The van der Waals surface area contributed by atoms with Crippen LogP contribution >= 0.6 is 12.4 Å². The van der Waals surface area contributed by atoms with E-state index in [4.69, 9.17) is 15.2 Å². The molecule has 1 saturated carbocycles. The first-order valence-corrected chi connectivity index (χ1v) is 8.78. The second kappa shape index (κ2) is 10.5. The van der Waals surface area contributed by atoms with Crippen molar-refractivity contribution < 1.29 is 14.3 Å². The van der Waals surface area contributed by atoms with E-state index in [1.807, 2.05) is 0 Å². The van der Waals surface area contributed by atoms with Gasteiger partial charge in [0.15, 0.2) is 0 Å². The van der Waals surface area contributed by atoms with Crippen LogP contribution in [0.15, 0.2) is 0 Å². The monoisotopic (exact) mass is 348 g/mol. The summed E-state index contributed by atoms with van der Waals surface area (Å²) in [7, 11) is 1.62. The SMILES string of the molecule is COC(CN)CC(=O)N(CC1CCCO1)C1CCC(C)CC1.Cl. The van der Waals surface area contributed by atoms with Crippen LogP contribution < -0.4 is 5.73 Å². The maximum absolute atomic E-state index is 12.8. The zero-order chi connectivity index (χ0) is 15.9. The molecule has 0 radical (unpaired) electrons. The van der Waals surface area contributed by atoms with Crippen LogP contribution in [0, 0.1) is 5.92 Å². The Labute approximate surface area is 146 Å². The molecule has 136 valence electrons. The first kappa shape index (κ1) is 20.7. The highest BCUT2D eigenvalue weighted by molar-refractivity contribution is 5.85. The van der Waals surface area contributed by atoms with Gasteiger partial charge in [-0.3, -0.25) is 4.79 Å². The third kappa shape index (κ3) is 6.22. The number of carbonyl (C=O) groups excluding carboxylic acids is 1. The molecule has 0 bridgehead atoms. The summed E-state index contributed by atoms with van der Waals surface area (Å²) in [4.78, 5) is 14.8. The number of nitrogens with zero attached hydrogens (tertiary/aromatic N) is 1. The Morgan fingerprint density at radius 3 is 2.52 bits per heavy atom. The van der Waals surface area contributed by atoms with Crippen molar-refractivity contribution in [2.24, 2.45) is 11.7 Å². The fourth-order valence-electron chi connectivity index (χ4n) is 3.59. The van der Waals surface area contributed by atoms with Gasteiger partial charge in [0.1, 0.15) is 0 Å². The summed E-state index contributed by atoms with van der Waals surface area (Å²) in [6.45, 7) is 4.26. The van der Waals surface area contributed by atoms with E-state index >= 15 is 0 Å². The molecular formula is C17H33ClN2O3. The highest BCUT2D eigenvalue weighted by Gasteiger charge is 2.31. The first-order valence-electron chi connectivity index (χ1n) is 8.78. The van der Waals surface area contributed by atoms with Crippen LogP contribution in [0.4, 0.5) is 0 Å². The molecule has 2 fully saturated rings. The number of ether oxygens (including phenoxy) is 2. The molecule has 1 saturated heterocycles. The summed E-state index contributed by atoms with van der Waals surface area (Å²) in [5, 5.41) is 0. The molecule has 0 aromatic carbocycles. The number of amides is 1. The molecule has 2 N–H and O–H groups in total. The minimum Gasteiger partial charge on any atom is -0.380 e. The fourth-order valence-corrected chi connectivity index (χ4v) is 3.59. The van der Waals surface area contributed by atoms with Crippen molar-refractivity contribution in [2.45, 2.75) is 70.1 Å². The molecule has 1 amide bonds. The van der Waals surface area contributed by atoms with Gasteiger partial charge < -0.3 is 20.1 Å². The van der Waals surface area contributed by atoms with Gasteiger partial charge in [0.2, 0.25) is 5.91 Å². The number of methoxy groups -OCH3 is 1. The van der Waals surface area contributed by atoms with Gasteiger partial charge in [0.25, 0.3) is 0 Å². The van der Waals surface area contributed by atoms with Crippen molar-refractivity contribution >= 4 is 18.3 Å². The molecule has 1 heterocycles. The van der Waals surface area contributed by atoms with Crippen LogP contribution in [0.3, 0.4) is 0 Å². The summed E-state index contributed by atoms with van der Waals surface area (Å²) in [6, 6.07) is 0.364. The predicted octanol–water partition coefficient (Wildman–Crippen LogP) is 2.36. The van der Waals surface area contributed by atoms with Crippen molar-refractivity contribution in [3.8, 4) is 0 Å². The number of hydrogen-bond donors (Lipinski definition) is 1. The lowest BCUT2D eigenvalue weighted by Crippen LogP contribution is -2.47. The van der Waals surface area contributed by atoms with Gasteiger partial charge in [-0.05, 0) is 44.4 Å². The van der Waals surface area contributed by atoms with E-state index in [0.717, 1.165) is 44.8 Å². The standard InChI is InChI=1S/C17H32N2O3.ClH/c1-13-5-7-14(8-6-13)19(12-15-4-3-9-22-15)17(20)10-16(11-18)21-2;/h13-16H,3-12,18H2,1-2H3;1H. The van der Waals surface area contributed by atoms with Gasteiger partial charge in [-0.25, -0.2) is 0 Å². The van der Waals surface area contributed by atoms with Crippen molar-refractivity contribution in [1.82, 2.24) is 4.90 Å². The van der Waals surface area contributed by atoms with Gasteiger partial charge >= 0.3 is 0 Å². The number of hydrogen-bond acceptors (Lipinski definition) is 4. The number of halogens is 1. The summed E-state index contributed by atoms with van der Waals surface area (Å²) < 4.78 is 11.0. The van der Waals surface area contributed by atoms with Gasteiger partial charge in [0, 0.05) is 32.8 Å². The fraction of sp³-hybridized carbons (Fsp3) is 0.941. The molecule has 1 aliphatic carbocycles. The topological polar surface area (TPSA) is 64.8 Å². The van der Waals surface area contributed by atoms with Crippen LogP contribution in [0.25, 0.3) is 0 Å². The largest absolute Gasteiger partial charge is 0.380 e. The van der Waals surface area contributed by atoms with Crippen LogP contribution in [-0.2, 0) is 14.3 Å². The smallest absolute Gasteiger partial charge is 0.225 e. The molecule has 0 aromatic rings. The van der Waals surface area contributed by atoms with E-state index in [-0.39, 0.29) is 30.5 Å². The summed E-state index contributed by atoms with van der Waals surface area (Å²) >= 11 is 0. The Morgan fingerprint density at radius 2 is 2.00 bits per heavy atom. The maximum atomic E-state index is 12.8. The number of carbonyl (C=O) groups is 1. The first-order chi connectivity index (χ1) is 10.6. The highest BCUT2D eigenvalue weighted by Crippen LogP contribution is 2.29. The highest BCUT2D eigenvalue weighted by atomic mass is 35.5. The average molecular weight is 349 g/mol. The van der Waals surface area contributed by atoms with E-state index < -0.39 is 0 Å². The van der Waals surface area contributed by atoms with Gasteiger partial charge in [-0.2, -0.15) is 0 Å². The van der Waals surface area contributed by atoms with Crippen molar-refractivity contribution in [1.29, 1.82) is 0 Å². The third-order valence-electron chi connectivity index (χ3n) is 5.17. The quantitative estimate of drug-likeness (QED) is 0.767. The second-order valence-corrected chi connectivity index (χ2v) is 6.89.